The number of benzene rings is 1. The zero-order valence-corrected chi connectivity index (χ0v) is 18.0. The molecule has 0 radical (unpaired) electrons. The topological polar surface area (TPSA) is 56.6 Å². The van der Waals surface area contributed by atoms with Gasteiger partial charge in [-0.25, -0.2) is 4.68 Å². The molecule has 29 heavy (non-hydrogen) atoms. The number of hydrogen-bond donors (Lipinski definition) is 0. The van der Waals surface area contributed by atoms with Crippen molar-refractivity contribution in [1.29, 1.82) is 0 Å². The van der Waals surface area contributed by atoms with Crippen molar-refractivity contribution >= 4 is 23.4 Å². The molecule has 1 atom stereocenters. The van der Waals surface area contributed by atoms with Crippen LogP contribution in [0, 0.1) is 0 Å². The van der Waals surface area contributed by atoms with Crippen LogP contribution in [0.2, 0.25) is 0 Å². The van der Waals surface area contributed by atoms with Crippen LogP contribution in [0.3, 0.4) is 0 Å². The fourth-order valence-corrected chi connectivity index (χ4v) is 4.27. The average molecular weight is 416 g/mol. The number of thioether (sulfide) groups is 1. The van der Waals surface area contributed by atoms with Crippen molar-refractivity contribution in [1.82, 2.24) is 9.78 Å². The zero-order chi connectivity index (χ0) is 20.2. The Balaban J connectivity index is 1.63. The maximum Gasteiger partial charge on any atom is 0.227 e. The molecule has 0 aliphatic carbocycles. The van der Waals surface area contributed by atoms with Crippen LogP contribution in [0.4, 0.5) is 5.69 Å². The highest BCUT2D eigenvalue weighted by molar-refractivity contribution is 7.98. The number of carbonyl (C=O) groups excluding carboxylic acids is 1. The SMILES string of the molecule is CSCCOCc1cn(C2CCCCO2)nc1-c1ccc2c(c1)CCC(=O)N2C. The first-order valence-corrected chi connectivity index (χ1v) is 11.7. The van der Waals surface area contributed by atoms with Gasteiger partial charge >= 0.3 is 0 Å². The minimum atomic E-state index is 0.00355. The molecule has 6 nitrogen and oxygen atoms in total. The Morgan fingerprint density at radius 2 is 2.21 bits per heavy atom. The lowest BCUT2D eigenvalue weighted by Crippen LogP contribution is -2.31. The first-order chi connectivity index (χ1) is 14.2. The number of rotatable bonds is 7. The summed E-state index contributed by atoms with van der Waals surface area (Å²) in [4.78, 5) is 13.7. The van der Waals surface area contributed by atoms with Gasteiger partial charge in [-0.05, 0) is 49.6 Å². The van der Waals surface area contributed by atoms with Crippen LogP contribution in [0.1, 0.15) is 43.0 Å². The molecule has 7 heteroatoms. The molecule has 0 saturated carbocycles. The number of fused-ring (bicyclic) bond motifs is 1. The molecule has 0 spiro atoms. The van der Waals surface area contributed by atoms with E-state index in [-0.39, 0.29) is 12.1 Å². The molecule has 0 N–H and O–H groups in total. The summed E-state index contributed by atoms with van der Waals surface area (Å²) in [6.07, 6.45) is 8.78. The molecule has 2 aliphatic heterocycles. The molecule has 1 unspecified atom stereocenters. The Bertz CT molecular complexity index is 861. The Labute approximate surface area is 176 Å². The van der Waals surface area contributed by atoms with E-state index in [0.717, 1.165) is 60.7 Å². The molecule has 4 rings (SSSR count). The fourth-order valence-electron chi connectivity index (χ4n) is 3.99. The number of amides is 1. The molecule has 2 aromatic rings. The highest BCUT2D eigenvalue weighted by Gasteiger charge is 2.23. The normalized spacial score (nSPS) is 19.4. The maximum absolute atomic E-state index is 12.0. The van der Waals surface area contributed by atoms with Crippen LogP contribution < -0.4 is 4.90 Å². The van der Waals surface area contributed by atoms with Gasteiger partial charge in [0.2, 0.25) is 5.91 Å². The molecule has 1 amide bonds. The predicted octanol–water partition coefficient (Wildman–Crippen LogP) is 4.04. The summed E-state index contributed by atoms with van der Waals surface area (Å²) in [6, 6.07) is 6.28. The van der Waals surface area contributed by atoms with Gasteiger partial charge in [0.15, 0.2) is 0 Å². The van der Waals surface area contributed by atoms with E-state index < -0.39 is 0 Å². The first-order valence-electron chi connectivity index (χ1n) is 10.3. The van der Waals surface area contributed by atoms with E-state index in [1.165, 1.54) is 12.0 Å². The maximum atomic E-state index is 12.0. The number of aryl methyl sites for hydroxylation is 1. The molecule has 3 heterocycles. The van der Waals surface area contributed by atoms with Gasteiger partial charge in [0.1, 0.15) is 6.23 Å². The number of aromatic nitrogens is 2. The van der Waals surface area contributed by atoms with Crippen molar-refractivity contribution in [3.05, 3.63) is 35.5 Å². The van der Waals surface area contributed by atoms with Crippen molar-refractivity contribution < 1.29 is 14.3 Å². The smallest absolute Gasteiger partial charge is 0.227 e. The van der Waals surface area contributed by atoms with E-state index in [2.05, 4.69) is 24.6 Å². The van der Waals surface area contributed by atoms with Gasteiger partial charge in [-0.15, -0.1) is 0 Å². The van der Waals surface area contributed by atoms with Crippen LogP contribution in [-0.2, 0) is 27.3 Å². The average Bonchev–Trinajstić information content (AvgIpc) is 3.18. The van der Waals surface area contributed by atoms with Gasteiger partial charge in [-0.1, -0.05) is 6.07 Å². The quantitative estimate of drug-likeness (QED) is 0.639. The number of ether oxygens (including phenoxy) is 2. The summed E-state index contributed by atoms with van der Waals surface area (Å²) >= 11 is 1.78. The summed E-state index contributed by atoms with van der Waals surface area (Å²) in [5.41, 5.74) is 5.30. The van der Waals surface area contributed by atoms with E-state index >= 15 is 0 Å². The Hall–Kier alpha value is -1.83. The van der Waals surface area contributed by atoms with Crippen LogP contribution in [-0.4, -0.2) is 48.0 Å². The molecular weight excluding hydrogens is 386 g/mol. The van der Waals surface area contributed by atoms with Crippen LogP contribution in [0.15, 0.2) is 24.4 Å². The molecular formula is C22H29N3O3S. The van der Waals surface area contributed by atoms with Gasteiger partial charge in [0.05, 0.1) is 18.9 Å². The summed E-state index contributed by atoms with van der Waals surface area (Å²) in [6.45, 7) is 2.06. The van der Waals surface area contributed by atoms with Crippen LogP contribution in [0.5, 0.6) is 0 Å². The van der Waals surface area contributed by atoms with Gasteiger partial charge < -0.3 is 14.4 Å². The van der Waals surface area contributed by atoms with Crippen molar-refractivity contribution in [2.45, 2.75) is 44.9 Å². The van der Waals surface area contributed by atoms with Gasteiger partial charge in [-0.2, -0.15) is 16.9 Å². The number of hydrogen-bond acceptors (Lipinski definition) is 5. The molecule has 1 aromatic heterocycles. The second kappa shape index (κ2) is 9.32. The third-order valence-corrected chi connectivity index (χ3v) is 6.22. The zero-order valence-electron chi connectivity index (χ0n) is 17.2. The third kappa shape index (κ3) is 4.52. The first kappa shape index (κ1) is 20.4. The Morgan fingerprint density at radius 3 is 3.00 bits per heavy atom. The highest BCUT2D eigenvalue weighted by Crippen LogP contribution is 2.33. The summed E-state index contributed by atoms with van der Waals surface area (Å²) in [5.74, 6) is 1.15. The van der Waals surface area contributed by atoms with Gasteiger partial charge in [-0.3, -0.25) is 4.79 Å². The Morgan fingerprint density at radius 1 is 1.31 bits per heavy atom. The van der Waals surface area contributed by atoms with Gasteiger partial charge in [0, 0.05) is 48.8 Å². The predicted molar refractivity (Wildman–Crippen MR) is 116 cm³/mol. The monoisotopic (exact) mass is 415 g/mol. The van der Waals surface area contributed by atoms with Crippen molar-refractivity contribution in [2.24, 2.45) is 0 Å². The largest absolute Gasteiger partial charge is 0.376 e. The lowest BCUT2D eigenvalue weighted by molar-refractivity contribution is -0.118. The second-order valence-corrected chi connectivity index (χ2v) is 8.63. The van der Waals surface area contributed by atoms with E-state index in [9.17, 15) is 4.79 Å². The Kier molecular flexibility index (Phi) is 6.57. The van der Waals surface area contributed by atoms with E-state index in [1.54, 1.807) is 16.7 Å². The minimum Gasteiger partial charge on any atom is -0.376 e. The summed E-state index contributed by atoms with van der Waals surface area (Å²) in [5, 5.41) is 4.91. The van der Waals surface area contributed by atoms with Crippen molar-refractivity contribution in [3.63, 3.8) is 0 Å². The number of anilines is 1. The van der Waals surface area contributed by atoms with Crippen LogP contribution in [0.25, 0.3) is 11.3 Å². The molecule has 156 valence electrons. The van der Waals surface area contributed by atoms with E-state index in [4.69, 9.17) is 14.6 Å². The lowest BCUT2D eigenvalue weighted by atomic mass is 9.97. The number of carbonyl (C=O) groups is 1. The second-order valence-electron chi connectivity index (χ2n) is 7.65. The van der Waals surface area contributed by atoms with Crippen LogP contribution >= 0.6 is 11.8 Å². The van der Waals surface area contributed by atoms with E-state index in [1.807, 2.05) is 17.8 Å². The number of nitrogens with zero attached hydrogens (tertiary/aromatic N) is 3. The molecule has 1 aromatic carbocycles. The fraction of sp³-hybridized carbons (Fsp3) is 0.545. The molecule has 0 bridgehead atoms. The third-order valence-electron chi connectivity index (χ3n) is 5.64. The van der Waals surface area contributed by atoms with Crippen molar-refractivity contribution in [2.75, 3.05) is 37.2 Å². The summed E-state index contributed by atoms with van der Waals surface area (Å²) < 4.78 is 13.8. The molecule has 1 fully saturated rings. The molecule has 2 aliphatic rings. The highest BCUT2D eigenvalue weighted by atomic mass is 32.2. The van der Waals surface area contributed by atoms with E-state index in [0.29, 0.717) is 13.0 Å². The summed E-state index contributed by atoms with van der Waals surface area (Å²) in [7, 11) is 1.85. The molecule has 1 saturated heterocycles. The lowest BCUT2D eigenvalue weighted by Gasteiger charge is -2.26. The van der Waals surface area contributed by atoms with Crippen molar-refractivity contribution in [3.8, 4) is 11.3 Å². The standard InChI is InChI=1S/C22H29N3O3S/c1-24-19-8-6-17(13-16(19)7-9-20(24)26)22-18(15-27-11-12-29-2)14-25(23-22)21-5-3-4-10-28-21/h6,8,13-14,21H,3-5,7,9-12,15H2,1-2H3. The minimum absolute atomic E-state index is 0.00355. The van der Waals surface area contributed by atoms with Gasteiger partial charge in [0.25, 0.3) is 0 Å².